The molecule has 0 fully saturated rings. The van der Waals surface area contributed by atoms with E-state index in [1.165, 1.54) is 18.2 Å². The molecule has 1 N–H and O–H groups in total. The minimum absolute atomic E-state index is 0.280. The van der Waals surface area contributed by atoms with Crippen molar-refractivity contribution in [1.82, 2.24) is 5.32 Å². The molecular weight excluding hydrogens is 324 g/mol. The first-order valence-electron chi connectivity index (χ1n) is 6.56. The molecule has 2 aromatic carbocycles. The summed E-state index contributed by atoms with van der Waals surface area (Å²) in [6, 6.07) is 10.8. The Labute approximate surface area is 126 Å². The lowest BCUT2D eigenvalue weighted by Crippen LogP contribution is -2.24. The van der Waals surface area contributed by atoms with Crippen LogP contribution in [0.15, 0.2) is 46.9 Å². The molecule has 1 unspecified atom stereocenters. The summed E-state index contributed by atoms with van der Waals surface area (Å²) in [5.41, 5.74) is 1.39. The zero-order valence-corrected chi connectivity index (χ0v) is 12.8. The quantitative estimate of drug-likeness (QED) is 0.823. The highest BCUT2D eigenvalue weighted by Crippen LogP contribution is 2.31. The van der Waals surface area contributed by atoms with Gasteiger partial charge in [0.1, 0.15) is 11.6 Å². The minimum Gasteiger partial charge on any atom is -0.306 e. The van der Waals surface area contributed by atoms with Gasteiger partial charge in [0.2, 0.25) is 0 Å². The van der Waals surface area contributed by atoms with Crippen LogP contribution in [-0.2, 0) is 0 Å². The van der Waals surface area contributed by atoms with Gasteiger partial charge in [0.05, 0.1) is 6.04 Å². The van der Waals surface area contributed by atoms with Crippen LogP contribution in [0.3, 0.4) is 0 Å². The first-order chi connectivity index (χ1) is 9.63. The molecule has 0 saturated heterocycles. The van der Waals surface area contributed by atoms with Gasteiger partial charge in [-0.3, -0.25) is 0 Å². The van der Waals surface area contributed by atoms with Gasteiger partial charge in [-0.1, -0.05) is 41.1 Å². The molecule has 0 amide bonds. The molecule has 2 aromatic rings. The van der Waals surface area contributed by atoms with Crippen LogP contribution in [0.1, 0.15) is 30.5 Å². The van der Waals surface area contributed by atoms with Crippen molar-refractivity contribution in [3.8, 4) is 0 Å². The highest BCUT2D eigenvalue weighted by atomic mass is 79.9. The maximum Gasteiger partial charge on any atom is 0.129 e. The largest absolute Gasteiger partial charge is 0.306 e. The summed E-state index contributed by atoms with van der Waals surface area (Å²) in [6.07, 6.45) is 0.934. The van der Waals surface area contributed by atoms with Crippen LogP contribution in [0.5, 0.6) is 0 Å². The molecule has 106 valence electrons. The van der Waals surface area contributed by atoms with Crippen molar-refractivity contribution in [3.05, 3.63) is 69.7 Å². The number of rotatable bonds is 5. The average molecular weight is 340 g/mol. The van der Waals surface area contributed by atoms with Crippen LogP contribution in [0.25, 0.3) is 0 Å². The summed E-state index contributed by atoms with van der Waals surface area (Å²) in [7, 11) is 0. The third-order valence-corrected chi connectivity index (χ3v) is 3.78. The Kier molecular flexibility index (Phi) is 5.26. The zero-order valence-electron chi connectivity index (χ0n) is 11.2. The third-order valence-electron chi connectivity index (χ3n) is 3.09. The summed E-state index contributed by atoms with van der Waals surface area (Å²) < 4.78 is 27.9. The van der Waals surface area contributed by atoms with Crippen LogP contribution in [-0.4, -0.2) is 6.54 Å². The molecule has 0 aliphatic rings. The van der Waals surface area contributed by atoms with E-state index in [0.29, 0.717) is 10.0 Å². The minimum atomic E-state index is -0.300. The molecule has 0 bridgehead atoms. The molecule has 0 saturated carbocycles. The first-order valence-corrected chi connectivity index (χ1v) is 7.35. The van der Waals surface area contributed by atoms with Crippen molar-refractivity contribution < 1.29 is 8.78 Å². The smallest absolute Gasteiger partial charge is 0.129 e. The highest BCUT2D eigenvalue weighted by Gasteiger charge is 2.20. The molecule has 4 heteroatoms. The van der Waals surface area contributed by atoms with Gasteiger partial charge in [-0.25, -0.2) is 8.78 Å². The van der Waals surface area contributed by atoms with E-state index in [1.54, 1.807) is 18.2 Å². The molecule has 0 heterocycles. The molecule has 0 aliphatic carbocycles. The standard InChI is InChI=1S/C16H16BrF2N/c1-2-10-20-16(11-6-8-12(18)9-7-11)15-13(17)4-3-5-14(15)19/h3-9,16,20H,2,10H2,1H3. The molecule has 20 heavy (non-hydrogen) atoms. The van der Waals surface area contributed by atoms with Crippen LogP contribution in [0, 0.1) is 11.6 Å². The molecule has 2 rings (SSSR count). The van der Waals surface area contributed by atoms with Gasteiger partial charge in [0.15, 0.2) is 0 Å². The van der Waals surface area contributed by atoms with E-state index in [2.05, 4.69) is 21.2 Å². The van der Waals surface area contributed by atoms with Crippen molar-refractivity contribution in [1.29, 1.82) is 0 Å². The van der Waals surface area contributed by atoms with Gasteiger partial charge in [-0.2, -0.15) is 0 Å². The lowest BCUT2D eigenvalue weighted by atomic mass is 9.98. The number of nitrogens with one attached hydrogen (secondary N) is 1. The van der Waals surface area contributed by atoms with E-state index in [9.17, 15) is 8.78 Å². The summed E-state index contributed by atoms with van der Waals surface area (Å²) >= 11 is 3.40. The number of hydrogen-bond acceptors (Lipinski definition) is 1. The highest BCUT2D eigenvalue weighted by molar-refractivity contribution is 9.10. The van der Waals surface area contributed by atoms with Crippen molar-refractivity contribution in [3.63, 3.8) is 0 Å². The molecule has 0 aliphatic heterocycles. The van der Waals surface area contributed by atoms with Gasteiger partial charge in [-0.05, 0) is 42.8 Å². The second-order valence-corrected chi connectivity index (χ2v) is 5.43. The second kappa shape index (κ2) is 6.95. The van der Waals surface area contributed by atoms with Gasteiger partial charge < -0.3 is 5.32 Å². The van der Waals surface area contributed by atoms with Gasteiger partial charge in [-0.15, -0.1) is 0 Å². The van der Waals surface area contributed by atoms with Gasteiger partial charge in [0.25, 0.3) is 0 Å². The van der Waals surface area contributed by atoms with E-state index in [1.807, 2.05) is 13.0 Å². The Morgan fingerprint density at radius 3 is 2.40 bits per heavy atom. The van der Waals surface area contributed by atoms with Crippen molar-refractivity contribution in [2.75, 3.05) is 6.54 Å². The summed E-state index contributed by atoms with van der Waals surface area (Å²) in [4.78, 5) is 0. The number of benzene rings is 2. The van der Waals surface area contributed by atoms with Crippen LogP contribution >= 0.6 is 15.9 Å². The maximum atomic E-state index is 14.1. The van der Waals surface area contributed by atoms with Crippen LogP contribution in [0.2, 0.25) is 0 Å². The molecule has 0 radical (unpaired) electrons. The first kappa shape index (κ1) is 15.1. The Hall–Kier alpha value is -1.26. The van der Waals surface area contributed by atoms with Crippen LogP contribution in [0.4, 0.5) is 8.78 Å². The summed E-state index contributed by atoms with van der Waals surface area (Å²) in [5, 5.41) is 3.31. The third kappa shape index (κ3) is 3.44. The summed E-state index contributed by atoms with van der Waals surface area (Å²) in [5.74, 6) is -0.576. The summed E-state index contributed by atoms with van der Waals surface area (Å²) in [6.45, 7) is 2.80. The molecule has 1 nitrogen and oxygen atoms in total. The fourth-order valence-electron chi connectivity index (χ4n) is 2.12. The fourth-order valence-corrected chi connectivity index (χ4v) is 2.69. The molecule has 0 aromatic heterocycles. The topological polar surface area (TPSA) is 12.0 Å². The van der Waals surface area contributed by atoms with Crippen molar-refractivity contribution >= 4 is 15.9 Å². The molecular formula is C16H16BrF2N. The van der Waals surface area contributed by atoms with E-state index in [4.69, 9.17) is 0 Å². The second-order valence-electron chi connectivity index (χ2n) is 4.57. The fraction of sp³-hybridized carbons (Fsp3) is 0.250. The molecule has 1 atom stereocenters. The van der Waals surface area contributed by atoms with Gasteiger partial charge >= 0.3 is 0 Å². The predicted octanol–water partition coefficient (Wildman–Crippen LogP) is 4.82. The lowest BCUT2D eigenvalue weighted by Gasteiger charge is -2.21. The van der Waals surface area contributed by atoms with Crippen LogP contribution < -0.4 is 5.32 Å². The Bertz CT molecular complexity index is 549. The normalized spacial score (nSPS) is 12.4. The van der Waals surface area contributed by atoms with Crippen molar-refractivity contribution in [2.45, 2.75) is 19.4 Å². The predicted molar refractivity (Wildman–Crippen MR) is 80.6 cm³/mol. The van der Waals surface area contributed by atoms with Crippen molar-refractivity contribution in [2.24, 2.45) is 0 Å². The Morgan fingerprint density at radius 2 is 1.80 bits per heavy atom. The van der Waals surface area contributed by atoms with E-state index < -0.39 is 0 Å². The SMILES string of the molecule is CCCNC(c1ccc(F)cc1)c1c(F)cccc1Br. The van der Waals surface area contributed by atoms with E-state index >= 15 is 0 Å². The average Bonchev–Trinajstić information content (AvgIpc) is 2.43. The number of hydrogen-bond donors (Lipinski definition) is 1. The van der Waals surface area contributed by atoms with E-state index in [0.717, 1.165) is 18.5 Å². The Balaban J connectivity index is 2.44. The lowest BCUT2D eigenvalue weighted by molar-refractivity contribution is 0.543. The van der Waals surface area contributed by atoms with Gasteiger partial charge in [0, 0.05) is 10.0 Å². The maximum absolute atomic E-state index is 14.1. The zero-order chi connectivity index (χ0) is 14.5. The van der Waals surface area contributed by atoms with E-state index in [-0.39, 0.29) is 17.7 Å². The monoisotopic (exact) mass is 339 g/mol. The Morgan fingerprint density at radius 1 is 1.10 bits per heavy atom. The molecule has 0 spiro atoms. The number of halogens is 3.